The van der Waals surface area contributed by atoms with E-state index >= 15 is 0 Å². The monoisotopic (exact) mass is 278 g/mol. The summed E-state index contributed by atoms with van der Waals surface area (Å²) in [7, 11) is 0. The average Bonchev–Trinajstić information content (AvgIpc) is 3.03. The van der Waals surface area contributed by atoms with E-state index in [1.54, 1.807) is 6.42 Å². The number of fused-ring (bicyclic) bond motifs is 2. The van der Waals surface area contributed by atoms with Gasteiger partial charge in [-0.15, -0.1) is 0 Å². The van der Waals surface area contributed by atoms with Crippen LogP contribution in [0.1, 0.15) is 59.8 Å². The van der Waals surface area contributed by atoms with Crippen LogP contribution in [0.4, 0.5) is 0 Å². The van der Waals surface area contributed by atoms with Crippen molar-refractivity contribution in [2.45, 2.75) is 71.4 Å². The van der Waals surface area contributed by atoms with E-state index in [0.29, 0.717) is 11.6 Å². The van der Waals surface area contributed by atoms with Gasteiger partial charge in [0.15, 0.2) is 0 Å². The molecule has 5 unspecified atom stereocenters. The van der Waals surface area contributed by atoms with Crippen molar-refractivity contribution in [2.75, 3.05) is 19.6 Å². The second-order valence-corrected chi connectivity index (χ2v) is 8.42. The quantitative estimate of drug-likeness (QED) is 0.846. The molecule has 0 spiro atoms. The molecule has 3 fully saturated rings. The molecule has 2 heteroatoms. The van der Waals surface area contributed by atoms with Gasteiger partial charge in [0.1, 0.15) is 0 Å². The lowest BCUT2D eigenvalue weighted by atomic mass is 9.84. The molecule has 2 nitrogen and oxygen atoms in total. The summed E-state index contributed by atoms with van der Waals surface area (Å²) in [6.45, 7) is 13.4. The lowest BCUT2D eigenvalue weighted by Gasteiger charge is -2.50. The van der Waals surface area contributed by atoms with Crippen molar-refractivity contribution in [3.8, 4) is 0 Å². The molecule has 1 N–H and O–H groups in total. The van der Waals surface area contributed by atoms with Gasteiger partial charge in [0.05, 0.1) is 0 Å². The topological polar surface area (TPSA) is 15.3 Å². The molecule has 2 saturated carbocycles. The summed E-state index contributed by atoms with van der Waals surface area (Å²) in [5.41, 5.74) is 0.382. The first kappa shape index (κ1) is 14.8. The number of nitrogens with zero attached hydrogens (tertiary/aromatic N) is 1. The van der Waals surface area contributed by atoms with Crippen LogP contribution in [0, 0.1) is 23.7 Å². The van der Waals surface area contributed by atoms with Crippen LogP contribution in [-0.4, -0.2) is 36.1 Å². The first-order valence-electron chi connectivity index (χ1n) is 9.00. The van der Waals surface area contributed by atoms with Gasteiger partial charge in [-0.25, -0.2) is 0 Å². The third kappa shape index (κ3) is 2.66. The zero-order chi connectivity index (χ0) is 14.3. The highest BCUT2D eigenvalue weighted by molar-refractivity contribution is 4.99. The summed E-state index contributed by atoms with van der Waals surface area (Å²) in [6.07, 6.45) is 7.40. The molecule has 0 aromatic carbocycles. The molecule has 0 aromatic heterocycles. The molecule has 2 bridgehead atoms. The SMILES string of the molecule is CCC1(C)CNC(C(C)C)CN1CC1CC2CCC1C2. The Labute approximate surface area is 125 Å². The van der Waals surface area contributed by atoms with Crippen LogP contribution in [0.25, 0.3) is 0 Å². The molecule has 0 radical (unpaired) electrons. The Morgan fingerprint density at radius 2 is 2.05 bits per heavy atom. The molecule has 2 aliphatic carbocycles. The van der Waals surface area contributed by atoms with Gasteiger partial charge in [-0.2, -0.15) is 0 Å². The van der Waals surface area contributed by atoms with Gasteiger partial charge in [-0.1, -0.05) is 27.2 Å². The Morgan fingerprint density at radius 3 is 2.60 bits per heavy atom. The molecule has 3 rings (SSSR count). The standard InChI is InChI=1S/C18H34N2/c1-5-18(4)12-19-17(13(2)3)11-20(18)10-16-9-14-6-7-15(16)8-14/h13-17,19H,5-12H2,1-4H3. The first-order valence-corrected chi connectivity index (χ1v) is 9.00. The summed E-state index contributed by atoms with van der Waals surface area (Å²) >= 11 is 0. The maximum absolute atomic E-state index is 3.81. The molecule has 3 aliphatic rings. The van der Waals surface area contributed by atoms with E-state index in [2.05, 4.69) is 37.9 Å². The molecule has 5 atom stereocenters. The zero-order valence-electron chi connectivity index (χ0n) is 14.0. The summed E-state index contributed by atoms with van der Waals surface area (Å²) < 4.78 is 0. The Bertz CT molecular complexity index is 340. The van der Waals surface area contributed by atoms with Crippen LogP contribution in [0.3, 0.4) is 0 Å². The van der Waals surface area contributed by atoms with Crippen LogP contribution >= 0.6 is 0 Å². The van der Waals surface area contributed by atoms with Gasteiger partial charge in [-0.3, -0.25) is 4.90 Å². The van der Waals surface area contributed by atoms with Crippen LogP contribution in [0.2, 0.25) is 0 Å². The Kier molecular flexibility index (Phi) is 4.16. The van der Waals surface area contributed by atoms with E-state index in [4.69, 9.17) is 0 Å². The second-order valence-electron chi connectivity index (χ2n) is 8.42. The maximum Gasteiger partial charge on any atom is 0.0304 e. The Morgan fingerprint density at radius 1 is 1.25 bits per heavy atom. The van der Waals surface area contributed by atoms with E-state index in [0.717, 1.165) is 23.7 Å². The zero-order valence-corrected chi connectivity index (χ0v) is 14.0. The normalized spacial score (nSPS) is 45.5. The van der Waals surface area contributed by atoms with Crippen molar-refractivity contribution in [2.24, 2.45) is 23.7 Å². The van der Waals surface area contributed by atoms with Crippen molar-refractivity contribution < 1.29 is 0 Å². The molecule has 20 heavy (non-hydrogen) atoms. The van der Waals surface area contributed by atoms with Gasteiger partial charge >= 0.3 is 0 Å². The number of nitrogens with one attached hydrogen (secondary N) is 1. The summed E-state index contributed by atoms with van der Waals surface area (Å²) in [4.78, 5) is 2.86. The molecule has 1 aliphatic heterocycles. The van der Waals surface area contributed by atoms with Crippen molar-refractivity contribution in [3.63, 3.8) is 0 Å². The highest BCUT2D eigenvalue weighted by Gasteiger charge is 2.44. The predicted octanol–water partition coefficient (Wildman–Crippen LogP) is 3.52. The highest BCUT2D eigenvalue weighted by Crippen LogP contribution is 2.49. The van der Waals surface area contributed by atoms with Crippen molar-refractivity contribution in [1.82, 2.24) is 10.2 Å². The molecule has 116 valence electrons. The first-order chi connectivity index (χ1) is 9.51. The van der Waals surface area contributed by atoms with Gasteiger partial charge in [0.2, 0.25) is 0 Å². The highest BCUT2D eigenvalue weighted by atomic mass is 15.3. The minimum Gasteiger partial charge on any atom is -0.311 e. The van der Waals surface area contributed by atoms with Gasteiger partial charge in [-0.05, 0) is 56.3 Å². The molecule has 0 amide bonds. The molecule has 0 aromatic rings. The van der Waals surface area contributed by atoms with Crippen LogP contribution in [0.15, 0.2) is 0 Å². The average molecular weight is 278 g/mol. The van der Waals surface area contributed by atoms with E-state index in [1.165, 1.54) is 45.3 Å². The summed E-state index contributed by atoms with van der Waals surface area (Å²) in [5.74, 6) is 3.90. The Hall–Kier alpha value is -0.0800. The van der Waals surface area contributed by atoms with Crippen molar-refractivity contribution in [1.29, 1.82) is 0 Å². The largest absolute Gasteiger partial charge is 0.311 e. The molecular formula is C18H34N2. The predicted molar refractivity (Wildman–Crippen MR) is 85.8 cm³/mol. The minimum absolute atomic E-state index is 0.382. The van der Waals surface area contributed by atoms with Gasteiger partial charge in [0, 0.05) is 31.2 Å². The fourth-order valence-corrected chi connectivity index (χ4v) is 4.96. The Balaban J connectivity index is 1.66. The maximum atomic E-state index is 3.81. The molecule has 1 saturated heterocycles. The van der Waals surface area contributed by atoms with Crippen LogP contribution in [0.5, 0.6) is 0 Å². The van der Waals surface area contributed by atoms with E-state index in [1.807, 2.05) is 0 Å². The summed E-state index contributed by atoms with van der Waals surface area (Å²) in [5, 5.41) is 3.81. The summed E-state index contributed by atoms with van der Waals surface area (Å²) in [6, 6.07) is 0.688. The van der Waals surface area contributed by atoms with E-state index in [9.17, 15) is 0 Å². The lowest BCUT2D eigenvalue weighted by molar-refractivity contribution is 0.0181. The molecule has 1 heterocycles. The number of hydrogen-bond acceptors (Lipinski definition) is 2. The third-order valence-corrected chi connectivity index (χ3v) is 6.83. The van der Waals surface area contributed by atoms with Crippen LogP contribution < -0.4 is 5.32 Å². The fourth-order valence-electron chi connectivity index (χ4n) is 4.96. The number of hydrogen-bond donors (Lipinski definition) is 1. The smallest absolute Gasteiger partial charge is 0.0304 e. The van der Waals surface area contributed by atoms with E-state index < -0.39 is 0 Å². The molecular weight excluding hydrogens is 244 g/mol. The number of piperazine rings is 1. The van der Waals surface area contributed by atoms with Gasteiger partial charge in [0.25, 0.3) is 0 Å². The number of rotatable bonds is 4. The van der Waals surface area contributed by atoms with Crippen molar-refractivity contribution in [3.05, 3.63) is 0 Å². The van der Waals surface area contributed by atoms with Crippen LogP contribution in [-0.2, 0) is 0 Å². The lowest BCUT2D eigenvalue weighted by Crippen LogP contribution is -2.65. The van der Waals surface area contributed by atoms with E-state index in [-0.39, 0.29) is 0 Å². The van der Waals surface area contributed by atoms with Gasteiger partial charge < -0.3 is 5.32 Å². The third-order valence-electron chi connectivity index (χ3n) is 6.83. The second kappa shape index (κ2) is 5.61. The fraction of sp³-hybridized carbons (Fsp3) is 1.00. The minimum atomic E-state index is 0.382. The van der Waals surface area contributed by atoms with Crippen molar-refractivity contribution >= 4 is 0 Å².